The van der Waals surface area contributed by atoms with Crippen LogP contribution in [0.5, 0.6) is 0 Å². The van der Waals surface area contributed by atoms with Crippen LogP contribution in [0.4, 0.5) is 0 Å². The Kier molecular flexibility index (Phi) is 3.08. The van der Waals surface area contributed by atoms with Gasteiger partial charge in [0.05, 0.1) is 23.6 Å². The van der Waals surface area contributed by atoms with Gasteiger partial charge in [0, 0.05) is 0 Å². The summed E-state index contributed by atoms with van der Waals surface area (Å²) in [6.45, 7) is 0. The fraction of sp³-hybridized carbons (Fsp3) is 0.385. The summed E-state index contributed by atoms with van der Waals surface area (Å²) in [5.41, 5.74) is 4.92. The third kappa shape index (κ3) is 2.27. The molecule has 1 fully saturated rings. The van der Waals surface area contributed by atoms with E-state index in [0.717, 1.165) is 23.7 Å². The Labute approximate surface area is 106 Å². The third-order valence-corrected chi connectivity index (χ3v) is 3.40. The number of nitrogens with one attached hydrogen (secondary N) is 1. The molecule has 0 aliphatic heterocycles. The SMILES string of the molecule is NNC(CC1CC1)c1cnnn1-c1ccccc1. The molecular formula is C13H17N5. The van der Waals surface area contributed by atoms with Gasteiger partial charge in [0.25, 0.3) is 0 Å². The number of benzene rings is 1. The first kappa shape index (κ1) is 11.4. The topological polar surface area (TPSA) is 68.8 Å². The molecule has 5 nitrogen and oxygen atoms in total. The first-order valence-electron chi connectivity index (χ1n) is 6.30. The predicted octanol–water partition coefficient (Wildman–Crippen LogP) is 1.57. The van der Waals surface area contributed by atoms with E-state index in [0.29, 0.717) is 0 Å². The molecule has 1 atom stereocenters. The van der Waals surface area contributed by atoms with Crippen LogP contribution in [0.3, 0.4) is 0 Å². The summed E-state index contributed by atoms with van der Waals surface area (Å²) in [5, 5.41) is 8.17. The number of hydrogen-bond donors (Lipinski definition) is 2. The minimum Gasteiger partial charge on any atom is -0.271 e. The van der Waals surface area contributed by atoms with Crippen molar-refractivity contribution in [1.29, 1.82) is 0 Å². The lowest BCUT2D eigenvalue weighted by Gasteiger charge is -2.16. The van der Waals surface area contributed by atoms with Crippen molar-refractivity contribution in [3.63, 3.8) is 0 Å². The molecule has 0 saturated heterocycles. The lowest BCUT2D eigenvalue weighted by molar-refractivity contribution is 0.466. The second-order valence-corrected chi connectivity index (χ2v) is 4.80. The molecule has 1 unspecified atom stereocenters. The highest BCUT2D eigenvalue weighted by Crippen LogP contribution is 2.37. The van der Waals surface area contributed by atoms with E-state index >= 15 is 0 Å². The molecule has 5 heteroatoms. The first-order valence-corrected chi connectivity index (χ1v) is 6.30. The lowest BCUT2D eigenvalue weighted by atomic mass is 10.1. The molecule has 0 amide bonds. The van der Waals surface area contributed by atoms with Crippen LogP contribution >= 0.6 is 0 Å². The predicted molar refractivity (Wildman–Crippen MR) is 68.8 cm³/mol. The minimum absolute atomic E-state index is 0.118. The Morgan fingerprint density at radius 1 is 1.33 bits per heavy atom. The summed E-state index contributed by atoms with van der Waals surface area (Å²) in [4.78, 5) is 0. The zero-order chi connectivity index (χ0) is 12.4. The molecule has 18 heavy (non-hydrogen) atoms. The van der Waals surface area contributed by atoms with Crippen molar-refractivity contribution < 1.29 is 0 Å². The molecule has 1 aliphatic rings. The molecule has 1 aliphatic carbocycles. The standard InChI is InChI=1S/C13H17N5/c14-16-12(8-10-6-7-10)13-9-15-17-18(13)11-4-2-1-3-5-11/h1-5,9-10,12,16H,6-8,14H2. The number of hydrogen-bond acceptors (Lipinski definition) is 4. The number of hydrazine groups is 1. The molecule has 3 N–H and O–H groups in total. The van der Waals surface area contributed by atoms with E-state index in [-0.39, 0.29) is 6.04 Å². The molecule has 1 aromatic heterocycles. The highest BCUT2D eigenvalue weighted by Gasteiger charge is 2.27. The summed E-state index contributed by atoms with van der Waals surface area (Å²) in [6.07, 6.45) is 5.47. The number of aromatic nitrogens is 3. The molecule has 94 valence electrons. The Hall–Kier alpha value is -1.72. The number of nitrogens with two attached hydrogens (primary N) is 1. The lowest BCUT2D eigenvalue weighted by Crippen LogP contribution is -2.30. The smallest absolute Gasteiger partial charge is 0.0828 e. The quantitative estimate of drug-likeness (QED) is 0.618. The average Bonchev–Trinajstić information content (AvgIpc) is 3.11. The molecule has 1 aromatic carbocycles. The van der Waals surface area contributed by atoms with Crippen molar-refractivity contribution in [2.24, 2.45) is 11.8 Å². The fourth-order valence-electron chi connectivity index (χ4n) is 2.21. The van der Waals surface area contributed by atoms with Crippen LogP contribution in [0.2, 0.25) is 0 Å². The van der Waals surface area contributed by atoms with Gasteiger partial charge >= 0.3 is 0 Å². The van der Waals surface area contributed by atoms with Crippen molar-refractivity contribution >= 4 is 0 Å². The molecule has 0 spiro atoms. The summed E-state index contributed by atoms with van der Waals surface area (Å²) in [7, 11) is 0. The summed E-state index contributed by atoms with van der Waals surface area (Å²) < 4.78 is 1.85. The number of nitrogens with zero attached hydrogens (tertiary/aromatic N) is 3. The summed E-state index contributed by atoms with van der Waals surface area (Å²) >= 11 is 0. The number of para-hydroxylation sites is 1. The van der Waals surface area contributed by atoms with E-state index in [1.807, 2.05) is 35.0 Å². The van der Waals surface area contributed by atoms with Gasteiger partial charge in [-0.1, -0.05) is 36.3 Å². The van der Waals surface area contributed by atoms with Crippen LogP contribution in [0.1, 0.15) is 31.0 Å². The van der Waals surface area contributed by atoms with E-state index in [1.165, 1.54) is 12.8 Å². The largest absolute Gasteiger partial charge is 0.271 e. The van der Waals surface area contributed by atoms with E-state index in [2.05, 4.69) is 15.7 Å². The van der Waals surface area contributed by atoms with Gasteiger partial charge in [0.15, 0.2) is 0 Å². The third-order valence-electron chi connectivity index (χ3n) is 3.40. The highest BCUT2D eigenvalue weighted by atomic mass is 15.4. The second-order valence-electron chi connectivity index (χ2n) is 4.80. The van der Waals surface area contributed by atoms with Crippen LogP contribution < -0.4 is 11.3 Å². The highest BCUT2D eigenvalue weighted by molar-refractivity contribution is 5.32. The average molecular weight is 243 g/mol. The van der Waals surface area contributed by atoms with Gasteiger partial charge in [-0.15, -0.1) is 5.10 Å². The Bertz CT molecular complexity index is 503. The minimum atomic E-state index is 0.118. The van der Waals surface area contributed by atoms with E-state index in [1.54, 1.807) is 6.20 Å². The van der Waals surface area contributed by atoms with Gasteiger partial charge in [-0.2, -0.15) is 0 Å². The van der Waals surface area contributed by atoms with Crippen molar-refractivity contribution in [1.82, 2.24) is 20.4 Å². The molecule has 0 bridgehead atoms. The van der Waals surface area contributed by atoms with Crippen LogP contribution in [0, 0.1) is 5.92 Å². The molecule has 0 radical (unpaired) electrons. The first-order chi connectivity index (χ1) is 8.88. The number of rotatable bonds is 5. The normalized spacial score (nSPS) is 16.7. The maximum Gasteiger partial charge on any atom is 0.0828 e. The van der Waals surface area contributed by atoms with E-state index < -0.39 is 0 Å². The van der Waals surface area contributed by atoms with Gasteiger partial charge in [0.2, 0.25) is 0 Å². The van der Waals surface area contributed by atoms with Gasteiger partial charge in [0.1, 0.15) is 0 Å². The van der Waals surface area contributed by atoms with Crippen LogP contribution in [0.15, 0.2) is 36.5 Å². The zero-order valence-corrected chi connectivity index (χ0v) is 10.2. The van der Waals surface area contributed by atoms with Crippen molar-refractivity contribution in [3.05, 3.63) is 42.2 Å². The van der Waals surface area contributed by atoms with E-state index in [9.17, 15) is 0 Å². The molecular weight excluding hydrogens is 226 g/mol. The maximum absolute atomic E-state index is 5.67. The molecule has 1 saturated carbocycles. The molecule has 3 rings (SSSR count). The monoisotopic (exact) mass is 243 g/mol. The van der Waals surface area contributed by atoms with Gasteiger partial charge < -0.3 is 0 Å². The molecule has 2 aromatic rings. The second kappa shape index (κ2) is 4.88. The maximum atomic E-state index is 5.67. The zero-order valence-electron chi connectivity index (χ0n) is 10.2. The van der Waals surface area contributed by atoms with Crippen molar-refractivity contribution in [3.8, 4) is 5.69 Å². The van der Waals surface area contributed by atoms with Crippen LogP contribution in [-0.4, -0.2) is 15.0 Å². The Morgan fingerprint density at radius 3 is 2.78 bits per heavy atom. The fourth-order valence-corrected chi connectivity index (χ4v) is 2.21. The van der Waals surface area contributed by atoms with Gasteiger partial charge in [-0.3, -0.25) is 11.3 Å². The van der Waals surface area contributed by atoms with Crippen molar-refractivity contribution in [2.75, 3.05) is 0 Å². The Morgan fingerprint density at radius 2 is 2.11 bits per heavy atom. The summed E-state index contributed by atoms with van der Waals surface area (Å²) in [5.74, 6) is 6.46. The van der Waals surface area contributed by atoms with E-state index in [4.69, 9.17) is 5.84 Å². The van der Waals surface area contributed by atoms with Gasteiger partial charge in [-0.25, -0.2) is 4.68 Å². The van der Waals surface area contributed by atoms with Crippen molar-refractivity contribution in [2.45, 2.75) is 25.3 Å². The van der Waals surface area contributed by atoms with Crippen LogP contribution in [0.25, 0.3) is 5.69 Å². The molecule has 1 heterocycles. The van der Waals surface area contributed by atoms with Crippen LogP contribution in [-0.2, 0) is 0 Å². The summed E-state index contributed by atoms with van der Waals surface area (Å²) in [6, 6.07) is 10.1. The Balaban J connectivity index is 1.89. The van der Waals surface area contributed by atoms with Gasteiger partial charge in [-0.05, 0) is 24.5 Å².